The number of aromatic nitrogens is 1. The topological polar surface area (TPSA) is 72.0 Å². The lowest BCUT2D eigenvalue weighted by Crippen LogP contribution is -2.11. The summed E-state index contributed by atoms with van der Waals surface area (Å²) in [6.07, 6.45) is 1.64. The van der Waals surface area contributed by atoms with Gasteiger partial charge in [0.15, 0.2) is 0 Å². The SMILES string of the molecule is Cc1ccc(Oc2ccc(C(=N)N)c(Cl)c2)cn1. The van der Waals surface area contributed by atoms with Crippen molar-refractivity contribution in [3.63, 3.8) is 0 Å². The Morgan fingerprint density at radius 3 is 2.56 bits per heavy atom. The van der Waals surface area contributed by atoms with E-state index < -0.39 is 0 Å². The van der Waals surface area contributed by atoms with E-state index in [0.717, 1.165) is 5.69 Å². The quantitative estimate of drug-likeness (QED) is 0.659. The van der Waals surface area contributed by atoms with Gasteiger partial charge in [0.25, 0.3) is 0 Å². The Kier molecular flexibility index (Phi) is 3.48. The molecule has 1 aromatic carbocycles. The van der Waals surface area contributed by atoms with Gasteiger partial charge in [-0.1, -0.05) is 11.6 Å². The van der Waals surface area contributed by atoms with Gasteiger partial charge in [-0.3, -0.25) is 10.4 Å². The molecule has 3 N–H and O–H groups in total. The molecular formula is C13H12ClN3O. The number of nitrogens with one attached hydrogen (secondary N) is 1. The molecule has 0 fully saturated rings. The number of nitrogen functional groups attached to an aromatic ring is 1. The molecule has 0 aliphatic carbocycles. The summed E-state index contributed by atoms with van der Waals surface area (Å²) < 4.78 is 5.59. The van der Waals surface area contributed by atoms with Gasteiger partial charge in [0.1, 0.15) is 17.3 Å². The third kappa shape index (κ3) is 2.78. The van der Waals surface area contributed by atoms with E-state index in [9.17, 15) is 0 Å². The molecule has 1 aromatic heterocycles. The van der Waals surface area contributed by atoms with Crippen molar-refractivity contribution in [2.24, 2.45) is 5.73 Å². The minimum atomic E-state index is -0.0662. The normalized spacial score (nSPS) is 10.1. The van der Waals surface area contributed by atoms with Crippen LogP contribution in [0.5, 0.6) is 11.5 Å². The fourth-order valence-electron chi connectivity index (χ4n) is 1.43. The van der Waals surface area contributed by atoms with E-state index in [0.29, 0.717) is 22.1 Å². The van der Waals surface area contributed by atoms with E-state index in [1.165, 1.54) is 0 Å². The molecule has 0 amide bonds. The van der Waals surface area contributed by atoms with Crippen LogP contribution in [0.3, 0.4) is 0 Å². The van der Waals surface area contributed by atoms with Crippen LogP contribution in [-0.4, -0.2) is 10.8 Å². The van der Waals surface area contributed by atoms with Crippen LogP contribution in [0, 0.1) is 12.3 Å². The molecule has 0 spiro atoms. The third-order valence-corrected chi connectivity index (χ3v) is 2.66. The fourth-order valence-corrected chi connectivity index (χ4v) is 1.70. The first kappa shape index (κ1) is 12.4. The number of benzene rings is 1. The zero-order valence-electron chi connectivity index (χ0n) is 9.77. The van der Waals surface area contributed by atoms with Crippen molar-refractivity contribution in [3.05, 3.63) is 52.8 Å². The lowest BCUT2D eigenvalue weighted by molar-refractivity contribution is 0.480. The highest BCUT2D eigenvalue weighted by molar-refractivity contribution is 6.34. The van der Waals surface area contributed by atoms with Crippen LogP contribution in [0.2, 0.25) is 5.02 Å². The molecule has 0 aliphatic heterocycles. The number of hydrogen-bond acceptors (Lipinski definition) is 3. The van der Waals surface area contributed by atoms with E-state index in [2.05, 4.69) is 4.98 Å². The van der Waals surface area contributed by atoms with Gasteiger partial charge >= 0.3 is 0 Å². The summed E-state index contributed by atoms with van der Waals surface area (Å²) in [5, 5.41) is 7.72. The summed E-state index contributed by atoms with van der Waals surface area (Å²) >= 11 is 6.00. The van der Waals surface area contributed by atoms with Crippen molar-refractivity contribution in [1.82, 2.24) is 4.98 Å². The van der Waals surface area contributed by atoms with Crippen LogP contribution < -0.4 is 10.5 Å². The van der Waals surface area contributed by atoms with Crippen LogP contribution in [0.1, 0.15) is 11.3 Å². The molecule has 0 bridgehead atoms. The lowest BCUT2D eigenvalue weighted by atomic mass is 10.2. The number of nitrogens with zero attached hydrogens (tertiary/aromatic N) is 1. The Hall–Kier alpha value is -2.07. The van der Waals surface area contributed by atoms with Crippen LogP contribution in [0.25, 0.3) is 0 Å². The number of hydrogen-bond donors (Lipinski definition) is 2. The standard InChI is InChI=1S/C13H12ClN3O/c1-8-2-3-10(7-17-8)18-9-4-5-11(13(15)16)12(14)6-9/h2-7H,1H3,(H3,15,16). The molecule has 0 saturated carbocycles. The van der Waals surface area contributed by atoms with E-state index in [1.54, 1.807) is 24.4 Å². The highest BCUT2D eigenvalue weighted by Crippen LogP contribution is 2.26. The van der Waals surface area contributed by atoms with Crippen molar-refractivity contribution in [3.8, 4) is 11.5 Å². The van der Waals surface area contributed by atoms with E-state index in [1.807, 2.05) is 19.1 Å². The Labute approximate surface area is 110 Å². The minimum absolute atomic E-state index is 0.0662. The number of pyridine rings is 1. The highest BCUT2D eigenvalue weighted by atomic mass is 35.5. The van der Waals surface area contributed by atoms with E-state index in [4.69, 9.17) is 27.5 Å². The molecule has 92 valence electrons. The maximum atomic E-state index is 7.33. The second-order valence-corrected chi connectivity index (χ2v) is 4.20. The monoisotopic (exact) mass is 261 g/mol. The molecule has 0 atom stereocenters. The van der Waals surface area contributed by atoms with Gasteiger partial charge < -0.3 is 10.5 Å². The predicted molar refractivity (Wildman–Crippen MR) is 71.5 cm³/mol. The fraction of sp³-hybridized carbons (Fsp3) is 0.0769. The molecule has 0 aliphatic rings. The zero-order chi connectivity index (χ0) is 13.1. The van der Waals surface area contributed by atoms with Crippen molar-refractivity contribution in [2.45, 2.75) is 6.92 Å². The van der Waals surface area contributed by atoms with Gasteiger partial charge in [0.2, 0.25) is 0 Å². The number of halogens is 1. The maximum absolute atomic E-state index is 7.33. The van der Waals surface area contributed by atoms with E-state index >= 15 is 0 Å². The Balaban J connectivity index is 2.22. The highest BCUT2D eigenvalue weighted by Gasteiger charge is 2.06. The summed E-state index contributed by atoms with van der Waals surface area (Å²) in [4.78, 5) is 4.13. The summed E-state index contributed by atoms with van der Waals surface area (Å²) in [5.41, 5.74) is 6.80. The van der Waals surface area contributed by atoms with Crippen LogP contribution in [0.4, 0.5) is 0 Å². The number of nitrogens with two attached hydrogens (primary N) is 1. The third-order valence-electron chi connectivity index (χ3n) is 2.35. The lowest BCUT2D eigenvalue weighted by Gasteiger charge is -2.08. The number of rotatable bonds is 3. The summed E-state index contributed by atoms with van der Waals surface area (Å²) in [6, 6.07) is 8.68. The smallest absolute Gasteiger partial charge is 0.145 e. The Morgan fingerprint density at radius 1 is 1.28 bits per heavy atom. The first-order valence-electron chi connectivity index (χ1n) is 5.31. The predicted octanol–water partition coefficient (Wildman–Crippen LogP) is 3.12. The largest absolute Gasteiger partial charge is 0.456 e. The zero-order valence-corrected chi connectivity index (χ0v) is 10.5. The molecule has 4 nitrogen and oxygen atoms in total. The second kappa shape index (κ2) is 5.06. The Morgan fingerprint density at radius 2 is 2.00 bits per heavy atom. The minimum Gasteiger partial charge on any atom is -0.456 e. The summed E-state index contributed by atoms with van der Waals surface area (Å²) in [6.45, 7) is 1.91. The average molecular weight is 262 g/mol. The van der Waals surface area contributed by atoms with Crippen LogP contribution >= 0.6 is 11.6 Å². The number of ether oxygens (including phenoxy) is 1. The summed E-state index contributed by atoms with van der Waals surface area (Å²) in [5.74, 6) is 1.14. The first-order chi connectivity index (χ1) is 8.56. The van der Waals surface area contributed by atoms with Gasteiger partial charge in [-0.25, -0.2) is 0 Å². The van der Waals surface area contributed by atoms with E-state index in [-0.39, 0.29) is 5.84 Å². The van der Waals surface area contributed by atoms with Crippen molar-refractivity contribution in [1.29, 1.82) is 5.41 Å². The van der Waals surface area contributed by atoms with Crippen molar-refractivity contribution < 1.29 is 4.74 Å². The molecule has 2 rings (SSSR count). The second-order valence-electron chi connectivity index (χ2n) is 3.79. The average Bonchev–Trinajstić information content (AvgIpc) is 2.32. The molecular weight excluding hydrogens is 250 g/mol. The Bertz CT molecular complexity index is 581. The molecule has 1 heterocycles. The van der Waals surface area contributed by atoms with Crippen molar-refractivity contribution in [2.75, 3.05) is 0 Å². The molecule has 0 saturated heterocycles. The van der Waals surface area contributed by atoms with Gasteiger partial charge in [-0.15, -0.1) is 0 Å². The van der Waals surface area contributed by atoms with Gasteiger partial charge in [-0.05, 0) is 31.2 Å². The molecule has 0 radical (unpaired) electrons. The van der Waals surface area contributed by atoms with Crippen molar-refractivity contribution >= 4 is 17.4 Å². The summed E-state index contributed by atoms with van der Waals surface area (Å²) in [7, 11) is 0. The van der Waals surface area contributed by atoms with Gasteiger partial charge in [0.05, 0.1) is 11.2 Å². The maximum Gasteiger partial charge on any atom is 0.145 e. The molecule has 0 unspecified atom stereocenters. The number of aryl methyl sites for hydroxylation is 1. The van der Waals surface area contributed by atoms with Gasteiger partial charge in [-0.2, -0.15) is 0 Å². The van der Waals surface area contributed by atoms with Crippen LogP contribution in [-0.2, 0) is 0 Å². The first-order valence-corrected chi connectivity index (χ1v) is 5.68. The molecule has 2 aromatic rings. The molecule has 5 heteroatoms. The molecule has 18 heavy (non-hydrogen) atoms. The number of amidine groups is 1. The van der Waals surface area contributed by atoms with Gasteiger partial charge in [0, 0.05) is 17.3 Å². The van der Waals surface area contributed by atoms with Crippen LogP contribution in [0.15, 0.2) is 36.5 Å².